The number of aryl methyl sites for hydroxylation is 1. The number of azo groups is 1. The molecule has 0 aliphatic heterocycles. The second-order valence-corrected chi connectivity index (χ2v) is 21.9. The van der Waals surface area contributed by atoms with E-state index < -0.39 is 106 Å². The normalized spacial score (nSPS) is 12.9. The first-order valence-electron chi connectivity index (χ1n) is 17.7. The van der Waals surface area contributed by atoms with Crippen molar-refractivity contribution in [1.82, 2.24) is 15.0 Å². The van der Waals surface area contributed by atoms with Crippen LogP contribution in [0.4, 0.5) is 40.3 Å². The van der Waals surface area contributed by atoms with Crippen LogP contribution in [0, 0.1) is 6.92 Å². The molecule has 0 bridgehead atoms. The zero-order valence-corrected chi connectivity index (χ0v) is 38.8. The lowest BCUT2D eigenvalue weighted by Crippen LogP contribution is -2.15. The molecule has 0 aliphatic carbocycles. The van der Waals surface area contributed by atoms with Crippen molar-refractivity contribution in [3.63, 3.8) is 0 Å². The second kappa shape index (κ2) is 20.8. The number of phenols is 1. The number of anilines is 5. The molecule has 1 unspecified atom stereocenters. The number of hydrogen-bond acceptors (Lipinski definition) is 24. The molecule has 0 fully saturated rings. The Bertz CT molecular complexity index is 3370. The Balaban J connectivity index is 1.37. The minimum Gasteiger partial charge on any atom is -0.505 e. The number of aromatic hydroxyl groups is 1. The number of hydrogen-bond donors (Lipinski definition) is 8. The van der Waals surface area contributed by atoms with E-state index in [2.05, 4.69) is 59.3 Å². The first-order valence-corrected chi connectivity index (χ1v) is 26.1. The number of nitrogens with one attached hydrogen (secondary N) is 3. The zero-order valence-electron chi connectivity index (χ0n) is 33.1. The molecule has 6 rings (SSSR count). The molecule has 0 radical (unpaired) electrons. The van der Waals surface area contributed by atoms with E-state index in [1.54, 1.807) is 12.1 Å². The molecule has 33 heteroatoms. The minimum atomic E-state index is -5.29. The summed E-state index contributed by atoms with van der Waals surface area (Å²) in [5.74, 6) is -3.16. The monoisotopic (exact) mass is 1060 g/mol. The van der Waals surface area contributed by atoms with Gasteiger partial charge in [-0.2, -0.15) is 31.8 Å². The van der Waals surface area contributed by atoms with Crippen LogP contribution in [0.5, 0.6) is 5.75 Å². The second-order valence-electron chi connectivity index (χ2n) is 13.1. The largest absolute Gasteiger partial charge is 0.505 e. The number of sulfone groups is 1. The van der Waals surface area contributed by atoms with E-state index in [1.807, 2.05) is 6.92 Å². The van der Waals surface area contributed by atoms with Crippen molar-refractivity contribution in [3.8, 4) is 5.75 Å². The molecule has 0 amide bonds. The molecule has 1 atom stereocenters. The molecule has 26 nitrogen and oxygen atoms in total. The van der Waals surface area contributed by atoms with Gasteiger partial charge in [0.15, 0.2) is 26.7 Å². The van der Waals surface area contributed by atoms with Crippen LogP contribution in [0.2, 0.25) is 5.28 Å². The third-order valence-electron chi connectivity index (χ3n) is 8.61. The maximum Gasteiger partial charge on any atom is 0.296 e. The van der Waals surface area contributed by atoms with E-state index in [-0.39, 0.29) is 49.9 Å². The Labute approximate surface area is 390 Å². The molecular formula is C34H29ClN8O18S6. The van der Waals surface area contributed by atoms with E-state index in [0.29, 0.717) is 11.8 Å². The summed E-state index contributed by atoms with van der Waals surface area (Å²) in [6.45, 7) is 1.81. The van der Waals surface area contributed by atoms with Gasteiger partial charge in [-0.15, -0.1) is 18.9 Å². The van der Waals surface area contributed by atoms with Crippen molar-refractivity contribution in [2.24, 2.45) is 10.2 Å². The fourth-order valence-corrected chi connectivity index (χ4v) is 11.0. The number of halogens is 1. The fourth-order valence-electron chi connectivity index (χ4n) is 5.63. The summed E-state index contributed by atoms with van der Waals surface area (Å²) in [7, 11) is -18.7. The van der Waals surface area contributed by atoms with Gasteiger partial charge < -0.3 is 15.7 Å². The van der Waals surface area contributed by atoms with Crippen LogP contribution >= 0.6 is 23.6 Å². The van der Waals surface area contributed by atoms with Crippen molar-refractivity contribution in [2.75, 3.05) is 26.9 Å². The molecule has 6 aromatic rings. The first-order chi connectivity index (χ1) is 31.5. The van der Waals surface area contributed by atoms with Gasteiger partial charge in [0.1, 0.15) is 16.3 Å². The number of nitrogens with zero attached hydrogens (tertiary/aromatic N) is 5. The van der Waals surface area contributed by atoms with Gasteiger partial charge in [-0.05, 0) is 96.7 Å². The summed E-state index contributed by atoms with van der Waals surface area (Å²) in [6, 6.07) is 17.0. The van der Waals surface area contributed by atoms with Gasteiger partial charge in [0, 0.05) is 16.8 Å². The van der Waals surface area contributed by atoms with E-state index >= 15 is 0 Å². The minimum absolute atomic E-state index is 0.0416. The van der Waals surface area contributed by atoms with Crippen LogP contribution in [-0.2, 0) is 69.9 Å². The quantitative estimate of drug-likeness (QED) is 0.0139. The summed E-state index contributed by atoms with van der Waals surface area (Å²) < 4.78 is 144. The number of fused-ring (bicyclic) bond motifs is 1. The lowest BCUT2D eigenvalue weighted by Gasteiger charge is -2.15. The first kappa shape index (κ1) is 50.8. The highest BCUT2D eigenvalue weighted by Gasteiger charge is 2.26. The van der Waals surface area contributed by atoms with E-state index in [1.165, 1.54) is 36.4 Å². The molecule has 5 aromatic carbocycles. The topological polar surface area (TPSA) is 391 Å². The molecule has 8 N–H and O–H groups in total. The molecule has 0 spiro atoms. The Kier molecular flexibility index (Phi) is 15.7. The van der Waals surface area contributed by atoms with Crippen molar-refractivity contribution in [2.45, 2.75) is 31.4 Å². The Morgan fingerprint density at radius 3 is 2.01 bits per heavy atom. The highest BCUT2D eigenvalue weighted by molar-refractivity contribution is 7.94. The predicted octanol–water partition coefficient (Wildman–Crippen LogP) is 6.18. The standard InChI is InChI=1S/C34H29ClN8O18S6/c1-18-2-8-22(9-3-18)65(50,51)43-21-6-4-20(5-7-21)36-33-38-32(35)39-34(40-33)37-26-16-24(66(52,53)54)14-19-15-27(62-60-58-45)30(31(44)29(19)26)42-41-25-11-10-23(17-28(25)67(55,56)57)64(48,49)13-12-63(47)61-59-46/h2-11,14-17,43-46H,12-13H2,1H3,(H,52,53,54)(H,55,56,57)(H2,36,37,38,39,40)/b42-41+. The molecule has 0 saturated carbocycles. The van der Waals surface area contributed by atoms with Crippen molar-refractivity contribution >= 4 is 126 Å². The summed E-state index contributed by atoms with van der Waals surface area (Å²) in [5.41, 5.74) is -0.297. The van der Waals surface area contributed by atoms with Crippen LogP contribution in [-0.4, -0.2) is 89.1 Å². The predicted molar refractivity (Wildman–Crippen MR) is 236 cm³/mol. The van der Waals surface area contributed by atoms with Gasteiger partial charge in [0.2, 0.25) is 17.2 Å². The van der Waals surface area contributed by atoms with Gasteiger partial charge >= 0.3 is 0 Å². The average Bonchev–Trinajstić information content (AvgIpc) is 3.24. The Morgan fingerprint density at radius 2 is 1.39 bits per heavy atom. The molecule has 1 aromatic heterocycles. The highest BCUT2D eigenvalue weighted by Crippen LogP contribution is 2.48. The van der Waals surface area contributed by atoms with Gasteiger partial charge in [-0.3, -0.25) is 13.8 Å². The number of aromatic nitrogens is 3. The maximum atomic E-state index is 12.9. The average molecular weight is 1070 g/mol. The molecule has 67 heavy (non-hydrogen) atoms. The maximum absolute atomic E-state index is 12.9. The lowest BCUT2D eigenvalue weighted by molar-refractivity contribution is -0.434. The van der Waals surface area contributed by atoms with Gasteiger partial charge in [0.05, 0.1) is 48.8 Å². The zero-order chi connectivity index (χ0) is 48.9. The van der Waals surface area contributed by atoms with E-state index in [0.717, 1.165) is 35.9 Å². The Hall–Kier alpha value is -5.56. The van der Waals surface area contributed by atoms with Gasteiger partial charge in [-0.25, -0.2) is 31.6 Å². The van der Waals surface area contributed by atoms with Crippen LogP contribution in [0.3, 0.4) is 0 Å². The number of sulfonamides is 1. The third-order valence-corrected chi connectivity index (χ3v) is 15.2. The number of benzene rings is 5. The van der Waals surface area contributed by atoms with Gasteiger partial charge in [-0.1, -0.05) is 27.8 Å². The third kappa shape index (κ3) is 12.9. The van der Waals surface area contributed by atoms with E-state index in [9.17, 15) is 52.1 Å². The summed E-state index contributed by atoms with van der Waals surface area (Å²) >= 11 is 3.92. The van der Waals surface area contributed by atoms with Crippen molar-refractivity contribution in [3.05, 3.63) is 95.8 Å². The summed E-state index contributed by atoms with van der Waals surface area (Å²) in [5, 5.41) is 48.0. The van der Waals surface area contributed by atoms with Crippen LogP contribution in [0.1, 0.15) is 5.56 Å². The highest BCUT2D eigenvalue weighted by atomic mass is 35.5. The number of rotatable bonds is 20. The van der Waals surface area contributed by atoms with Crippen LogP contribution < -0.4 is 15.4 Å². The Morgan fingerprint density at radius 1 is 0.746 bits per heavy atom. The van der Waals surface area contributed by atoms with Crippen LogP contribution in [0.15, 0.2) is 120 Å². The molecule has 356 valence electrons. The van der Waals surface area contributed by atoms with Crippen LogP contribution in [0.25, 0.3) is 10.8 Å². The molecular weight excluding hydrogens is 1040 g/mol. The summed E-state index contributed by atoms with van der Waals surface area (Å²) in [4.78, 5) is 9.33. The van der Waals surface area contributed by atoms with Crippen molar-refractivity contribution < 1.29 is 81.4 Å². The number of phenolic OH excluding ortho intramolecular Hbond substituents is 1. The SMILES string of the molecule is Cc1ccc(S(=O)(=O)Nc2ccc(Nc3nc(Cl)nc(Nc4cc(S(=O)(=O)O)cc5cc(SOOO)c(/N=N/c6ccc(S(=O)(=O)CCS(=O)OOO)cc6S(=O)(=O)O)c(O)c45)n3)cc2)cc1. The smallest absolute Gasteiger partial charge is 0.296 e. The van der Waals surface area contributed by atoms with Gasteiger partial charge in [0.25, 0.3) is 30.3 Å². The fraction of sp³-hybridized carbons (Fsp3) is 0.0882. The molecule has 0 saturated heterocycles. The van der Waals surface area contributed by atoms with Crippen molar-refractivity contribution in [1.29, 1.82) is 0 Å². The lowest BCUT2D eigenvalue weighted by atomic mass is 10.1. The summed E-state index contributed by atoms with van der Waals surface area (Å²) in [6.07, 6.45) is 0. The van der Waals surface area contributed by atoms with E-state index in [4.69, 9.17) is 22.1 Å². The molecule has 0 aliphatic rings. The molecule has 1 heterocycles.